The maximum atomic E-state index is 12.2. The van der Waals surface area contributed by atoms with Gasteiger partial charge in [0.1, 0.15) is 11.5 Å². The number of carbonyl (C=O) groups excluding carboxylic acids is 1. The van der Waals surface area contributed by atoms with Gasteiger partial charge in [-0.3, -0.25) is 9.89 Å². The zero-order chi connectivity index (χ0) is 19.1. The fourth-order valence-electron chi connectivity index (χ4n) is 2.35. The van der Waals surface area contributed by atoms with Crippen molar-refractivity contribution in [3.63, 3.8) is 0 Å². The first kappa shape index (κ1) is 18.8. The molecule has 27 heavy (non-hydrogen) atoms. The van der Waals surface area contributed by atoms with Crippen LogP contribution in [0.1, 0.15) is 6.92 Å². The number of hydrogen-bond donors (Lipinski definition) is 2. The summed E-state index contributed by atoms with van der Waals surface area (Å²) < 4.78 is 10.7. The number of aromatic nitrogens is 3. The molecule has 0 saturated carbocycles. The van der Waals surface area contributed by atoms with E-state index in [1.54, 1.807) is 7.11 Å². The number of carbonyl (C=O) groups is 1. The average Bonchev–Trinajstić information content (AvgIpc) is 3.17. The highest BCUT2D eigenvalue weighted by atomic mass is 32.2. The van der Waals surface area contributed by atoms with E-state index in [1.807, 2.05) is 55.5 Å². The third-order valence-corrected chi connectivity index (χ3v) is 4.48. The number of amides is 1. The second kappa shape index (κ2) is 9.09. The van der Waals surface area contributed by atoms with Gasteiger partial charge in [0.2, 0.25) is 5.91 Å². The van der Waals surface area contributed by atoms with Gasteiger partial charge in [-0.2, -0.15) is 5.10 Å². The highest BCUT2D eigenvalue weighted by Crippen LogP contribution is 2.25. The number of anilines is 1. The minimum absolute atomic E-state index is 0.144. The number of ether oxygens (including phenoxy) is 2. The molecule has 0 bridgehead atoms. The molecule has 1 aromatic heterocycles. The molecule has 1 amide bonds. The van der Waals surface area contributed by atoms with Crippen LogP contribution in [-0.4, -0.2) is 40.6 Å². The molecular formula is C19H20N4O3S. The van der Waals surface area contributed by atoms with Crippen molar-refractivity contribution in [1.82, 2.24) is 15.2 Å². The molecule has 140 valence electrons. The number of aromatic amines is 1. The van der Waals surface area contributed by atoms with E-state index in [-0.39, 0.29) is 11.7 Å². The summed E-state index contributed by atoms with van der Waals surface area (Å²) in [5, 5.41) is 10.5. The van der Waals surface area contributed by atoms with Gasteiger partial charge in [0, 0.05) is 5.56 Å². The number of hydrogen-bond acceptors (Lipinski definition) is 6. The van der Waals surface area contributed by atoms with Crippen molar-refractivity contribution in [2.45, 2.75) is 12.1 Å². The zero-order valence-corrected chi connectivity index (χ0v) is 15.9. The van der Waals surface area contributed by atoms with Crippen LogP contribution in [0.25, 0.3) is 11.4 Å². The summed E-state index contributed by atoms with van der Waals surface area (Å²) in [4.78, 5) is 16.6. The van der Waals surface area contributed by atoms with Gasteiger partial charge in [-0.15, -0.1) is 0 Å². The van der Waals surface area contributed by atoms with Gasteiger partial charge >= 0.3 is 0 Å². The molecule has 0 unspecified atom stereocenters. The Morgan fingerprint density at radius 2 is 1.96 bits per heavy atom. The first-order valence-electron chi connectivity index (χ1n) is 8.41. The molecule has 0 fully saturated rings. The molecule has 2 aromatic carbocycles. The van der Waals surface area contributed by atoms with Crippen LogP contribution in [0.4, 0.5) is 5.69 Å². The van der Waals surface area contributed by atoms with E-state index in [4.69, 9.17) is 9.47 Å². The van der Waals surface area contributed by atoms with Crippen molar-refractivity contribution in [2.24, 2.45) is 0 Å². The van der Waals surface area contributed by atoms with E-state index >= 15 is 0 Å². The van der Waals surface area contributed by atoms with E-state index < -0.39 is 0 Å². The minimum atomic E-state index is -0.144. The maximum Gasteiger partial charge on any atom is 0.234 e. The number of rotatable bonds is 8. The van der Waals surface area contributed by atoms with E-state index in [9.17, 15) is 4.79 Å². The molecule has 1 heterocycles. The Bertz CT molecular complexity index is 896. The lowest BCUT2D eigenvalue weighted by molar-refractivity contribution is -0.113. The molecule has 0 aliphatic heterocycles. The van der Waals surface area contributed by atoms with Gasteiger partial charge in [0.15, 0.2) is 11.0 Å². The second-order valence-electron chi connectivity index (χ2n) is 5.46. The van der Waals surface area contributed by atoms with Crippen molar-refractivity contribution in [3.8, 4) is 22.9 Å². The third-order valence-electron chi connectivity index (χ3n) is 3.61. The van der Waals surface area contributed by atoms with Crippen LogP contribution in [0.2, 0.25) is 0 Å². The standard InChI is InChI=1S/C19H20N4O3S/c1-3-26-16-7-5-4-6-15(16)20-17(24)12-27-19-21-18(22-23-19)13-8-10-14(25-2)11-9-13/h4-11H,3,12H2,1-2H3,(H,20,24)(H,21,22,23). The maximum absolute atomic E-state index is 12.2. The van der Waals surface area contributed by atoms with E-state index in [0.717, 1.165) is 11.3 Å². The summed E-state index contributed by atoms with van der Waals surface area (Å²) in [6.45, 7) is 2.44. The molecule has 3 aromatic rings. The van der Waals surface area contributed by atoms with Crippen molar-refractivity contribution < 1.29 is 14.3 Å². The van der Waals surface area contributed by atoms with Gasteiger partial charge < -0.3 is 14.8 Å². The molecule has 8 heteroatoms. The smallest absolute Gasteiger partial charge is 0.234 e. The molecule has 0 radical (unpaired) electrons. The van der Waals surface area contributed by atoms with Gasteiger partial charge in [-0.1, -0.05) is 23.9 Å². The quantitative estimate of drug-likeness (QED) is 0.577. The van der Waals surface area contributed by atoms with Crippen LogP contribution in [-0.2, 0) is 4.79 Å². The normalized spacial score (nSPS) is 10.4. The number of nitrogens with zero attached hydrogens (tertiary/aromatic N) is 2. The Hall–Kier alpha value is -3.00. The Morgan fingerprint density at radius 3 is 2.70 bits per heavy atom. The van der Waals surface area contributed by atoms with Crippen molar-refractivity contribution >= 4 is 23.4 Å². The van der Waals surface area contributed by atoms with Gasteiger partial charge in [-0.05, 0) is 43.3 Å². The molecule has 0 spiro atoms. The Morgan fingerprint density at radius 1 is 1.19 bits per heavy atom. The van der Waals surface area contributed by atoms with Crippen molar-refractivity contribution in [3.05, 3.63) is 48.5 Å². The highest BCUT2D eigenvalue weighted by molar-refractivity contribution is 7.99. The van der Waals surface area contributed by atoms with Gasteiger partial charge in [0.25, 0.3) is 0 Å². The second-order valence-corrected chi connectivity index (χ2v) is 6.42. The summed E-state index contributed by atoms with van der Waals surface area (Å²) >= 11 is 1.28. The number of nitrogens with one attached hydrogen (secondary N) is 2. The largest absolute Gasteiger partial charge is 0.497 e. The summed E-state index contributed by atoms with van der Waals surface area (Å²) in [5.74, 6) is 2.06. The number of H-pyrrole nitrogens is 1. The summed E-state index contributed by atoms with van der Waals surface area (Å²) in [6, 6.07) is 14.8. The van der Waals surface area contributed by atoms with Crippen molar-refractivity contribution in [1.29, 1.82) is 0 Å². The fourth-order valence-corrected chi connectivity index (χ4v) is 2.95. The minimum Gasteiger partial charge on any atom is -0.497 e. The lowest BCUT2D eigenvalue weighted by Gasteiger charge is -2.10. The highest BCUT2D eigenvalue weighted by Gasteiger charge is 2.11. The van der Waals surface area contributed by atoms with Crippen LogP contribution in [0, 0.1) is 0 Å². The first-order valence-corrected chi connectivity index (χ1v) is 9.39. The number of thioether (sulfide) groups is 1. The number of methoxy groups -OCH3 is 1. The Labute approximate surface area is 161 Å². The number of benzene rings is 2. The predicted molar refractivity (Wildman–Crippen MR) is 105 cm³/mol. The topological polar surface area (TPSA) is 89.1 Å². The van der Waals surface area contributed by atoms with Crippen LogP contribution < -0.4 is 14.8 Å². The Balaban J connectivity index is 1.57. The lowest BCUT2D eigenvalue weighted by atomic mass is 10.2. The monoisotopic (exact) mass is 384 g/mol. The van der Waals surface area contributed by atoms with E-state index in [2.05, 4.69) is 20.5 Å². The molecule has 0 saturated heterocycles. The van der Waals surface area contributed by atoms with Crippen LogP contribution in [0.3, 0.4) is 0 Å². The van der Waals surface area contributed by atoms with Gasteiger partial charge in [-0.25, -0.2) is 4.98 Å². The first-order chi connectivity index (χ1) is 13.2. The SMILES string of the molecule is CCOc1ccccc1NC(=O)CSc1nc(-c2ccc(OC)cc2)n[nH]1. The van der Waals surface area contributed by atoms with Crippen LogP contribution in [0.15, 0.2) is 53.7 Å². The zero-order valence-electron chi connectivity index (χ0n) is 15.1. The van der Waals surface area contributed by atoms with E-state index in [0.29, 0.717) is 29.0 Å². The fraction of sp³-hybridized carbons (Fsp3) is 0.211. The average molecular weight is 384 g/mol. The van der Waals surface area contributed by atoms with Gasteiger partial charge in [0.05, 0.1) is 25.2 Å². The Kier molecular flexibility index (Phi) is 6.32. The lowest BCUT2D eigenvalue weighted by Crippen LogP contribution is -2.15. The number of para-hydroxylation sites is 2. The molecule has 0 atom stereocenters. The molecular weight excluding hydrogens is 364 g/mol. The summed E-state index contributed by atoms with van der Waals surface area (Å²) in [7, 11) is 1.62. The third kappa shape index (κ3) is 5.01. The van der Waals surface area contributed by atoms with E-state index in [1.165, 1.54) is 11.8 Å². The molecule has 3 rings (SSSR count). The molecule has 0 aliphatic carbocycles. The summed E-state index contributed by atoms with van der Waals surface area (Å²) in [6.07, 6.45) is 0. The molecule has 7 nitrogen and oxygen atoms in total. The van der Waals surface area contributed by atoms with Crippen LogP contribution >= 0.6 is 11.8 Å². The van der Waals surface area contributed by atoms with Crippen molar-refractivity contribution in [2.75, 3.05) is 24.8 Å². The molecule has 2 N–H and O–H groups in total. The predicted octanol–water partition coefficient (Wildman–Crippen LogP) is 3.61. The summed E-state index contributed by atoms with van der Waals surface area (Å²) in [5.41, 5.74) is 1.52. The van der Waals surface area contributed by atoms with Crippen LogP contribution in [0.5, 0.6) is 11.5 Å². The molecule has 0 aliphatic rings.